The highest BCUT2D eigenvalue weighted by atomic mass is 16.2. The van der Waals surface area contributed by atoms with E-state index in [1.165, 1.54) is 10.9 Å². The van der Waals surface area contributed by atoms with E-state index in [4.69, 9.17) is 5.73 Å². The van der Waals surface area contributed by atoms with Gasteiger partial charge in [-0.2, -0.15) is 5.10 Å². The molecule has 2 atom stereocenters. The van der Waals surface area contributed by atoms with Crippen molar-refractivity contribution in [1.82, 2.24) is 15.1 Å². The van der Waals surface area contributed by atoms with E-state index in [1.54, 1.807) is 13.2 Å². The van der Waals surface area contributed by atoms with Crippen LogP contribution in [-0.4, -0.2) is 34.7 Å². The third-order valence-electron chi connectivity index (χ3n) is 3.39. The van der Waals surface area contributed by atoms with Gasteiger partial charge in [0.05, 0.1) is 17.8 Å². The van der Waals surface area contributed by atoms with Crippen molar-refractivity contribution in [2.24, 2.45) is 11.7 Å². The maximum atomic E-state index is 12.0. The Bertz CT molecular complexity index is 470. The Hall–Kier alpha value is -1.89. The van der Waals surface area contributed by atoms with E-state index in [9.17, 15) is 9.59 Å². The van der Waals surface area contributed by atoms with Crippen molar-refractivity contribution in [3.63, 3.8) is 0 Å². The summed E-state index contributed by atoms with van der Waals surface area (Å²) in [6, 6.07) is -0.0547. The van der Waals surface area contributed by atoms with Crippen LogP contribution in [0.3, 0.4) is 0 Å². The van der Waals surface area contributed by atoms with Gasteiger partial charge >= 0.3 is 0 Å². The van der Waals surface area contributed by atoms with E-state index in [-0.39, 0.29) is 30.3 Å². The van der Waals surface area contributed by atoms with Crippen LogP contribution in [0.2, 0.25) is 0 Å². The molecule has 0 spiro atoms. The van der Waals surface area contributed by atoms with Gasteiger partial charge in [0.25, 0.3) is 0 Å². The van der Waals surface area contributed by atoms with Crippen LogP contribution in [0, 0.1) is 5.92 Å². The van der Waals surface area contributed by atoms with Gasteiger partial charge in [-0.15, -0.1) is 0 Å². The number of likely N-dealkylation sites (N-methyl/N-ethyl adjacent to an activating group) is 1. The summed E-state index contributed by atoms with van der Waals surface area (Å²) in [5.41, 5.74) is 6.48. The van der Waals surface area contributed by atoms with Crippen molar-refractivity contribution >= 4 is 17.5 Å². The third kappa shape index (κ3) is 3.31. The summed E-state index contributed by atoms with van der Waals surface area (Å²) >= 11 is 0. The largest absolute Gasteiger partial charge is 0.358 e. The first-order valence-electron chi connectivity index (χ1n) is 6.39. The van der Waals surface area contributed by atoms with Crippen molar-refractivity contribution < 1.29 is 9.59 Å². The monoisotopic (exact) mass is 265 g/mol. The summed E-state index contributed by atoms with van der Waals surface area (Å²) in [5.74, 6) is -0.328. The van der Waals surface area contributed by atoms with E-state index in [0.29, 0.717) is 5.69 Å². The van der Waals surface area contributed by atoms with Gasteiger partial charge in [-0.05, 0) is 12.8 Å². The van der Waals surface area contributed by atoms with Crippen LogP contribution in [0.15, 0.2) is 12.4 Å². The lowest BCUT2D eigenvalue weighted by molar-refractivity contribution is -0.121. The van der Waals surface area contributed by atoms with Crippen molar-refractivity contribution in [2.45, 2.75) is 31.8 Å². The zero-order valence-corrected chi connectivity index (χ0v) is 10.9. The molecule has 1 heterocycles. The van der Waals surface area contributed by atoms with E-state index in [2.05, 4.69) is 15.7 Å². The maximum absolute atomic E-state index is 12.0. The smallest absolute Gasteiger partial charge is 0.241 e. The van der Waals surface area contributed by atoms with Crippen LogP contribution in [0.4, 0.5) is 5.69 Å². The topological polar surface area (TPSA) is 102 Å². The van der Waals surface area contributed by atoms with Crippen LogP contribution >= 0.6 is 0 Å². The number of carbonyl (C=O) groups excluding carboxylic acids is 2. The molecule has 1 saturated carbocycles. The number of nitrogens with two attached hydrogens (primary N) is 1. The average Bonchev–Trinajstić information content (AvgIpc) is 2.98. The van der Waals surface area contributed by atoms with Gasteiger partial charge in [-0.3, -0.25) is 14.3 Å². The molecule has 0 aromatic carbocycles. The van der Waals surface area contributed by atoms with Gasteiger partial charge in [-0.25, -0.2) is 0 Å². The minimum atomic E-state index is -0.140. The summed E-state index contributed by atoms with van der Waals surface area (Å²) in [7, 11) is 1.57. The normalized spacial score (nSPS) is 22.2. The number of nitrogens with one attached hydrogen (secondary N) is 2. The second-order valence-electron chi connectivity index (χ2n) is 4.79. The van der Waals surface area contributed by atoms with E-state index in [1.807, 2.05) is 0 Å². The Morgan fingerprint density at radius 1 is 1.53 bits per heavy atom. The van der Waals surface area contributed by atoms with Gasteiger partial charge in [0, 0.05) is 19.3 Å². The molecule has 1 aromatic heterocycles. The molecule has 7 heteroatoms. The quantitative estimate of drug-likeness (QED) is 0.695. The summed E-state index contributed by atoms with van der Waals surface area (Å²) in [4.78, 5) is 23.2. The maximum Gasteiger partial charge on any atom is 0.241 e. The predicted molar refractivity (Wildman–Crippen MR) is 70.2 cm³/mol. The third-order valence-corrected chi connectivity index (χ3v) is 3.39. The minimum absolute atomic E-state index is 0.0547. The number of aromatic nitrogens is 2. The van der Waals surface area contributed by atoms with Gasteiger partial charge in [0.2, 0.25) is 11.8 Å². The van der Waals surface area contributed by atoms with E-state index in [0.717, 1.165) is 19.3 Å². The van der Waals surface area contributed by atoms with Gasteiger partial charge < -0.3 is 16.4 Å². The first kappa shape index (κ1) is 13.5. The fraction of sp³-hybridized carbons (Fsp3) is 0.583. The van der Waals surface area contributed by atoms with Crippen LogP contribution < -0.4 is 16.4 Å². The van der Waals surface area contributed by atoms with Crippen LogP contribution in [0.1, 0.15) is 19.3 Å². The van der Waals surface area contributed by atoms with E-state index < -0.39 is 0 Å². The van der Waals surface area contributed by atoms with Crippen molar-refractivity contribution in [2.75, 3.05) is 12.4 Å². The fourth-order valence-corrected chi connectivity index (χ4v) is 2.29. The SMILES string of the molecule is CNC(=O)Cn1cc(NC(=O)C2CCCC2N)cn1. The van der Waals surface area contributed by atoms with Crippen molar-refractivity contribution in [3.05, 3.63) is 12.4 Å². The lowest BCUT2D eigenvalue weighted by atomic mass is 10.0. The molecule has 0 radical (unpaired) electrons. The van der Waals surface area contributed by atoms with Crippen LogP contribution in [-0.2, 0) is 16.1 Å². The molecular weight excluding hydrogens is 246 g/mol. The zero-order chi connectivity index (χ0) is 13.8. The van der Waals surface area contributed by atoms with Crippen molar-refractivity contribution in [3.8, 4) is 0 Å². The molecule has 1 aliphatic rings. The standard InChI is InChI=1S/C12H19N5O2/c1-14-11(18)7-17-6-8(5-15-17)16-12(19)9-3-2-4-10(9)13/h5-6,9-10H,2-4,7,13H2,1H3,(H,14,18)(H,16,19). The predicted octanol–water partition coefficient (Wildman–Crippen LogP) is -0.305. The molecule has 2 unspecified atom stereocenters. The Morgan fingerprint density at radius 3 is 2.95 bits per heavy atom. The van der Waals surface area contributed by atoms with Gasteiger partial charge in [0.1, 0.15) is 6.54 Å². The number of rotatable bonds is 4. The number of nitrogens with zero attached hydrogens (tertiary/aromatic N) is 2. The first-order valence-corrected chi connectivity index (χ1v) is 6.39. The van der Waals surface area contributed by atoms with Gasteiger partial charge in [-0.1, -0.05) is 6.42 Å². The molecule has 0 aliphatic heterocycles. The lowest BCUT2D eigenvalue weighted by Gasteiger charge is -2.13. The Balaban J connectivity index is 1.92. The lowest BCUT2D eigenvalue weighted by Crippen LogP contribution is -2.34. The Kier molecular flexibility index (Phi) is 4.16. The average molecular weight is 265 g/mol. The molecule has 7 nitrogen and oxygen atoms in total. The molecule has 2 amide bonds. The highest BCUT2D eigenvalue weighted by molar-refractivity contribution is 5.93. The number of amides is 2. The fourth-order valence-electron chi connectivity index (χ4n) is 2.29. The van der Waals surface area contributed by atoms with E-state index >= 15 is 0 Å². The molecule has 104 valence electrons. The van der Waals surface area contributed by atoms with Crippen molar-refractivity contribution in [1.29, 1.82) is 0 Å². The number of anilines is 1. The zero-order valence-electron chi connectivity index (χ0n) is 10.9. The highest BCUT2D eigenvalue weighted by Gasteiger charge is 2.30. The molecular formula is C12H19N5O2. The molecule has 4 N–H and O–H groups in total. The molecule has 1 aliphatic carbocycles. The summed E-state index contributed by atoms with van der Waals surface area (Å²) in [6.45, 7) is 0.134. The number of hydrogen-bond donors (Lipinski definition) is 3. The van der Waals surface area contributed by atoms with Crippen LogP contribution in [0.25, 0.3) is 0 Å². The summed E-state index contributed by atoms with van der Waals surface area (Å²) in [5, 5.41) is 9.32. The molecule has 2 rings (SSSR count). The molecule has 1 fully saturated rings. The summed E-state index contributed by atoms with van der Waals surface area (Å²) in [6.07, 6.45) is 5.89. The van der Waals surface area contributed by atoms with Gasteiger partial charge in [0.15, 0.2) is 0 Å². The number of hydrogen-bond acceptors (Lipinski definition) is 4. The Labute approximate surface area is 111 Å². The number of carbonyl (C=O) groups is 2. The Morgan fingerprint density at radius 2 is 2.32 bits per heavy atom. The second-order valence-corrected chi connectivity index (χ2v) is 4.79. The highest BCUT2D eigenvalue weighted by Crippen LogP contribution is 2.25. The molecule has 0 saturated heterocycles. The van der Waals surface area contributed by atoms with Crippen LogP contribution in [0.5, 0.6) is 0 Å². The first-order chi connectivity index (χ1) is 9.10. The molecule has 19 heavy (non-hydrogen) atoms. The minimum Gasteiger partial charge on any atom is -0.358 e. The molecule has 0 bridgehead atoms. The summed E-state index contributed by atoms with van der Waals surface area (Å²) < 4.78 is 1.48. The molecule has 1 aromatic rings. The second kappa shape index (κ2) is 5.83.